The number of carbonyl (C=O) groups is 2. The minimum Gasteiger partial charge on any atom is -0.487 e. The number of fused-ring (bicyclic) bond motifs is 1. The molecule has 1 aliphatic heterocycles. The van der Waals surface area contributed by atoms with Crippen LogP contribution in [0.15, 0.2) is 47.8 Å². The SMILES string of the molecule is CCN(CC(=O)Nc1ccc2c(c1)OCCO2)C(=O)c1ccc(OCc2csc(C)n2)cc1. The first kappa shape index (κ1) is 22.6. The Balaban J connectivity index is 1.32. The predicted molar refractivity (Wildman–Crippen MR) is 125 cm³/mol. The third-order valence-corrected chi connectivity index (χ3v) is 5.81. The van der Waals surface area contributed by atoms with Crippen molar-refractivity contribution in [3.05, 3.63) is 64.1 Å². The molecule has 172 valence electrons. The molecule has 9 heteroatoms. The fourth-order valence-corrected chi connectivity index (χ4v) is 3.93. The average molecular weight is 468 g/mol. The molecule has 33 heavy (non-hydrogen) atoms. The number of benzene rings is 2. The first-order valence-electron chi connectivity index (χ1n) is 10.6. The summed E-state index contributed by atoms with van der Waals surface area (Å²) in [4.78, 5) is 31.3. The summed E-state index contributed by atoms with van der Waals surface area (Å²) in [6.45, 7) is 5.47. The van der Waals surface area contributed by atoms with Crippen LogP contribution in [0.3, 0.4) is 0 Å². The molecule has 8 nitrogen and oxygen atoms in total. The van der Waals surface area contributed by atoms with Gasteiger partial charge >= 0.3 is 0 Å². The number of carbonyl (C=O) groups excluding carboxylic acids is 2. The topological polar surface area (TPSA) is 90.0 Å². The molecule has 2 amide bonds. The summed E-state index contributed by atoms with van der Waals surface area (Å²) in [5.74, 6) is 1.38. The van der Waals surface area contributed by atoms with E-state index in [1.807, 2.05) is 19.2 Å². The molecule has 1 N–H and O–H groups in total. The highest BCUT2D eigenvalue weighted by Crippen LogP contribution is 2.32. The van der Waals surface area contributed by atoms with Crippen LogP contribution in [0, 0.1) is 6.92 Å². The van der Waals surface area contributed by atoms with E-state index in [0.717, 1.165) is 10.7 Å². The summed E-state index contributed by atoms with van der Waals surface area (Å²) in [5, 5.41) is 5.77. The third kappa shape index (κ3) is 5.81. The van der Waals surface area contributed by atoms with E-state index in [2.05, 4.69) is 10.3 Å². The Kier molecular flexibility index (Phi) is 7.09. The van der Waals surface area contributed by atoms with Gasteiger partial charge in [-0.05, 0) is 50.2 Å². The number of amides is 2. The molecule has 0 bridgehead atoms. The van der Waals surface area contributed by atoms with E-state index in [4.69, 9.17) is 14.2 Å². The monoisotopic (exact) mass is 467 g/mol. The van der Waals surface area contributed by atoms with Crippen molar-refractivity contribution in [1.29, 1.82) is 0 Å². The Morgan fingerprint density at radius 3 is 2.58 bits per heavy atom. The third-order valence-electron chi connectivity index (χ3n) is 4.98. The minimum atomic E-state index is -0.291. The van der Waals surface area contributed by atoms with Crippen LogP contribution in [0.2, 0.25) is 0 Å². The van der Waals surface area contributed by atoms with Crippen LogP contribution in [-0.4, -0.2) is 48.0 Å². The predicted octanol–water partition coefficient (Wildman–Crippen LogP) is 3.90. The molecular formula is C24H25N3O5S. The zero-order valence-electron chi connectivity index (χ0n) is 18.5. The van der Waals surface area contributed by atoms with Crippen molar-refractivity contribution in [2.75, 3.05) is 31.6 Å². The van der Waals surface area contributed by atoms with Crippen LogP contribution < -0.4 is 19.5 Å². The molecule has 2 aromatic carbocycles. The van der Waals surface area contributed by atoms with Crippen molar-refractivity contribution in [2.24, 2.45) is 0 Å². The molecular weight excluding hydrogens is 442 g/mol. The smallest absolute Gasteiger partial charge is 0.254 e. The van der Waals surface area contributed by atoms with Crippen molar-refractivity contribution in [3.8, 4) is 17.2 Å². The van der Waals surface area contributed by atoms with Gasteiger partial charge in [0.2, 0.25) is 5.91 Å². The van der Waals surface area contributed by atoms with E-state index in [0.29, 0.717) is 54.9 Å². The molecule has 0 aliphatic carbocycles. The van der Waals surface area contributed by atoms with Gasteiger partial charge in [-0.3, -0.25) is 9.59 Å². The Hall–Kier alpha value is -3.59. The standard InChI is InChI=1S/C24H25N3O5S/c1-3-27(13-23(28)26-18-6-9-21-22(12-18)31-11-10-30-21)24(29)17-4-7-20(8-5-17)32-14-19-15-33-16(2)25-19/h4-9,12,15H,3,10-11,13-14H2,1-2H3,(H,26,28). The van der Waals surface area contributed by atoms with Gasteiger partial charge in [0.1, 0.15) is 32.1 Å². The number of nitrogens with zero attached hydrogens (tertiary/aromatic N) is 2. The number of hydrogen-bond acceptors (Lipinski definition) is 7. The molecule has 0 saturated heterocycles. The lowest BCUT2D eigenvalue weighted by molar-refractivity contribution is -0.116. The molecule has 0 unspecified atom stereocenters. The fourth-order valence-electron chi connectivity index (χ4n) is 3.33. The first-order chi connectivity index (χ1) is 16.0. The molecule has 4 rings (SSSR count). The van der Waals surface area contributed by atoms with Crippen LogP contribution in [0.5, 0.6) is 17.2 Å². The Bertz CT molecular complexity index is 1130. The highest BCUT2D eigenvalue weighted by atomic mass is 32.1. The van der Waals surface area contributed by atoms with Crippen molar-refractivity contribution >= 4 is 28.8 Å². The second kappa shape index (κ2) is 10.4. The van der Waals surface area contributed by atoms with Gasteiger partial charge in [0.25, 0.3) is 5.91 Å². The maximum Gasteiger partial charge on any atom is 0.254 e. The highest BCUT2D eigenvalue weighted by molar-refractivity contribution is 7.09. The van der Waals surface area contributed by atoms with Gasteiger partial charge in [0.15, 0.2) is 11.5 Å². The van der Waals surface area contributed by atoms with E-state index in [1.165, 1.54) is 4.90 Å². The second-order valence-electron chi connectivity index (χ2n) is 7.40. The molecule has 0 radical (unpaired) electrons. The van der Waals surface area contributed by atoms with E-state index in [1.54, 1.807) is 53.8 Å². The van der Waals surface area contributed by atoms with Crippen molar-refractivity contribution in [2.45, 2.75) is 20.5 Å². The molecule has 1 aromatic heterocycles. The van der Waals surface area contributed by atoms with Crippen molar-refractivity contribution in [1.82, 2.24) is 9.88 Å². The van der Waals surface area contributed by atoms with Gasteiger partial charge in [0.05, 0.1) is 10.7 Å². The first-order valence-corrected chi connectivity index (χ1v) is 11.5. The van der Waals surface area contributed by atoms with E-state index in [-0.39, 0.29) is 18.4 Å². The minimum absolute atomic E-state index is 0.0643. The van der Waals surface area contributed by atoms with Crippen LogP contribution >= 0.6 is 11.3 Å². The maximum atomic E-state index is 12.9. The number of hydrogen-bond donors (Lipinski definition) is 1. The highest BCUT2D eigenvalue weighted by Gasteiger charge is 2.19. The Morgan fingerprint density at radius 1 is 1.12 bits per heavy atom. The molecule has 0 atom stereocenters. The molecule has 3 aromatic rings. The number of ether oxygens (including phenoxy) is 3. The number of rotatable bonds is 8. The number of likely N-dealkylation sites (N-methyl/N-ethyl adjacent to an activating group) is 1. The Morgan fingerprint density at radius 2 is 1.88 bits per heavy atom. The van der Waals surface area contributed by atoms with Crippen LogP contribution in [0.1, 0.15) is 28.0 Å². The zero-order valence-corrected chi connectivity index (χ0v) is 19.3. The molecule has 1 aliphatic rings. The van der Waals surface area contributed by atoms with Gasteiger partial charge in [0, 0.05) is 29.2 Å². The number of aromatic nitrogens is 1. The summed E-state index contributed by atoms with van der Waals surface area (Å²) in [6.07, 6.45) is 0. The zero-order chi connectivity index (χ0) is 23.2. The van der Waals surface area contributed by atoms with E-state index < -0.39 is 0 Å². The van der Waals surface area contributed by atoms with Crippen molar-refractivity contribution in [3.63, 3.8) is 0 Å². The average Bonchev–Trinajstić information content (AvgIpc) is 3.26. The van der Waals surface area contributed by atoms with Crippen LogP contribution in [0.25, 0.3) is 0 Å². The Labute approximate surface area is 196 Å². The van der Waals surface area contributed by atoms with E-state index in [9.17, 15) is 9.59 Å². The van der Waals surface area contributed by atoms with Crippen LogP contribution in [-0.2, 0) is 11.4 Å². The summed E-state index contributed by atoms with van der Waals surface area (Å²) in [7, 11) is 0. The summed E-state index contributed by atoms with van der Waals surface area (Å²) in [5.41, 5.74) is 1.95. The van der Waals surface area contributed by atoms with Gasteiger partial charge in [-0.25, -0.2) is 4.98 Å². The summed E-state index contributed by atoms with van der Waals surface area (Å²) in [6, 6.07) is 12.1. The number of anilines is 1. The molecule has 0 spiro atoms. The number of nitrogens with one attached hydrogen (secondary N) is 1. The van der Waals surface area contributed by atoms with E-state index >= 15 is 0 Å². The van der Waals surface area contributed by atoms with Gasteiger partial charge in [-0.15, -0.1) is 11.3 Å². The number of thiazole rings is 1. The normalized spacial score (nSPS) is 12.2. The quantitative estimate of drug-likeness (QED) is 0.540. The summed E-state index contributed by atoms with van der Waals surface area (Å²) < 4.78 is 16.8. The lowest BCUT2D eigenvalue weighted by atomic mass is 10.2. The molecule has 0 fully saturated rings. The lowest BCUT2D eigenvalue weighted by Gasteiger charge is -2.21. The van der Waals surface area contributed by atoms with Crippen LogP contribution in [0.4, 0.5) is 5.69 Å². The maximum absolute atomic E-state index is 12.9. The van der Waals surface area contributed by atoms with Gasteiger partial charge in [-0.2, -0.15) is 0 Å². The van der Waals surface area contributed by atoms with Gasteiger partial charge in [-0.1, -0.05) is 0 Å². The lowest BCUT2D eigenvalue weighted by Crippen LogP contribution is -2.37. The fraction of sp³-hybridized carbons (Fsp3) is 0.292. The molecule has 2 heterocycles. The molecule has 0 saturated carbocycles. The second-order valence-corrected chi connectivity index (χ2v) is 8.46. The largest absolute Gasteiger partial charge is 0.487 e. The number of aryl methyl sites for hydroxylation is 1. The van der Waals surface area contributed by atoms with Crippen molar-refractivity contribution < 1.29 is 23.8 Å². The summed E-state index contributed by atoms with van der Waals surface area (Å²) >= 11 is 1.58. The van der Waals surface area contributed by atoms with Gasteiger partial charge < -0.3 is 24.4 Å².